The Labute approximate surface area is 218 Å². The Morgan fingerprint density at radius 1 is 1.14 bits per heavy atom. The second-order valence-electron chi connectivity index (χ2n) is 10.2. The van der Waals surface area contributed by atoms with Gasteiger partial charge in [-0.2, -0.15) is 0 Å². The maximum Gasteiger partial charge on any atom is 0.257 e. The molecule has 0 fully saturated rings. The van der Waals surface area contributed by atoms with E-state index in [0.717, 1.165) is 65.5 Å². The Balaban J connectivity index is 1.33. The molecular formula is C31H31N5O. The molecule has 2 aromatic heterocycles. The molecule has 6 nitrogen and oxygen atoms in total. The van der Waals surface area contributed by atoms with E-state index in [1.807, 2.05) is 49.4 Å². The second-order valence-corrected chi connectivity index (χ2v) is 10.2. The second kappa shape index (κ2) is 10.4. The topological polar surface area (TPSA) is 72.7 Å². The van der Waals surface area contributed by atoms with Crippen LogP contribution in [0.1, 0.15) is 64.8 Å². The summed E-state index contributed by atoms with van der Waals surface area (Å²) in [6, 6.07) is 18.0. The molecule has 1 amide bonds. The van der Waals surface area contributed by atoms with Gasteiger partial charge < -0.3 is 9.88 Å². The van der Waals surface area contributed by atoms with Crippen LogP contribution < -0.4 is 5.32 Å². The third-order valence-corrected chi connectivity index (χ3v) is 6.95. The van der Waals surface area contributed by atoms with Gasteiger partial charge >= 0.3 is 0 Å². The van der Waals surface area contributed by atoms with Crippen molar-refractivity contribution >= 4 is 11.6 Å². The quantitative estimate of drug-likeness (QED) is 0.347. The van der Waals surface area contributed by atoms with Crippen LogP contribution in [-0.2, 0) is 19.4 Å². The average molecular weight is 490 g/mol. The largest absolute Gasteiger partial charge is 0.322 e. The first-order chi connectivity index (χ1) is 17.9. The average Bonchev–Trinajstić information content (AvgIpc) is 3.33. The molecule has 1 unspecified atom stereocenters. The van der Waals surface area contributed by atoms with Crippen LogP contribution >= 0.6 is 0 Å². The fourth-order valence-corrected chi connectivity index (χ4v) is 4.87. The normalized spacial score (nSPS) is 14.7. The predicted molar refractivity (Wildman–Crippen MR) is 146 cm³/mol. The predicted octanol–water partition coefficient (Wildman–Crippen LogP) is 5.81. The molecule has 4 aromatic rings. The van der Waals surface area contributed by atoms with Gasteiger partial charge in [-0.15, -0.1) is 16.6 Å². The lowest BCUT2D eigenvalue weighted by Gasteiger charge is -2.24. The van der Waals surface area contributed by atoms with Crippen LogP contribution in [0.25, 0.3) is 11.4 Å². The van der Waals surface area contributed by atoms with E-state index >= 15 is 0 Å². The van der Waals surface area contributed by atoms with E-state index in [1.165, 1.54) is 5.56 Å². The highest BCUT2D eigenvalue weighted by Crippen LogP contribution is 2.33. The molecule has 2 aromatic carbocycles. The van der Waals surface area contributed by atoms with Gasteiger partial charge in [0, 0.05) is 41.7 Å². The SMILES string of the molecule is C#Cc1ccc(C2CCn3c(nnc3-c3ccc(C)c(NC(=O)c4ccc(CC(C)C)nc4)c3)C2)cc1. The first-order valence-electron chi connectivity index (χ1n) is 12.8. The van der Waals surface area contributed by atoms with Crippen molar-refractivity contribution in [2.45, 2.75) is 52.5 Å². The number of aromatic nitrogens is 4. The van der Waals surface area contributed by atoms with Crippen molar-refractivity contribution in [1.29, 1.82) is 0 Å². The molecule has 5 rings (SSSR count). The van der Waals surface area contributed by atoms with Crippen molar-refractivity contribution in [3.63, 3.8) is 0 Å². The van der Waals surface area contributed by atoms with Crippen LogP contribution in [0, 0.1) is 25.2 Å². The number of pyridine rings is 1. The number of fused-ring (bicyclic) bond motifs is 1. The van der Waals surface area contributed by atoms with Gasteiger partial charge in [-0.1, -0.05) is 44.0 Å². The number of carbonyl (C=O) groups is 1. The molecule has 1 N–H and O–H groups in total. The van der Waals surface area contributed by atoms with Crippen LogP contribution in [0.3, 0.4) is 0 Å². The van der Waals surface area contributed by atoms with Crippen molar-refractivity contribution in [2.24, 2.45) is 5.92 Å². The number of nitrogens with zero attached hydrogens (tertiary/aromatic N) is 4. The van der Waals surface area contributed by atoms with Crippen LogP contribution in [0.5, 0.6) is 0 Å². The maximum absolute atomic E-state index is 12.9. The number of carbonyl (C=O) groups excluding carboxylic acids is 1. The summed E-state index contributed by atoms with van der Waals surface area (Å²) in [6.45, 7) is 7.13. The molecule has 186 valence electrons. The number of hydrogen-bond acceptors (Lipinski definition) is 4. The molecule has 1 atom stereocenters. The molecule has 1 aliphatic heterocycles. The molecule has 0 spiro atoms. The van der Waals surface area contributed by atoms with E-state index in [9.17, 15) is 4.79 Å². The summed E-state index contributed by atoms with van der Waals surface area (Å²) < 4.78 is 2.19. The Morgan fingerprint density at radius 3 is 2.65 bits per heavy atom. The summed E-state index contributed by atoms with van der Waals surface area (Å²) in [4.78, 5) is 17.4. The Morgan fingerprint density at radius 2 is 1.95 bits per heavy atom. The summed E-state index contributed by atoms with van der Waals surface area (Å²) in [5, 5.41) is 12.1. The lowest BCUT2D eigenvalue weighted by Crippen LogP contribution is -2.19. The van der Waals surface area contributed by atoms with Gasteiger partial charge in [0.2, 0.25) is 0 Å². The van der Waals surface area contributed by atoms with E-state index in [4.69, 9.17) is 6.42 Å². The maximum atomic E-state index is 12.9. The Kier molecular flexibility index (Phi) is 6.87. The van der Waals surface area contributed by atoms with Crippen molar-refractivity contribution < 1.29 is 4.79 Å². The molecule has 0 radical (unpaired) electrons. The molecule has 0 aliphatic carbocycles. The van der Waals surface area contributed by atoms with Gasteiger partial charge in [-0.3, -0.25) is 9.78 Å². The Hall–Kier alpha value is -4.24. The van der Waals surface area contributed by atoms with Gasteiger partial charge in [0.15, 0.2) is 5.82 Å². The first-order valence-corrected chi connectivity index (χ1v) is 12.8. The van der Waals surface area contributed by atoms with Crippen LogP contribution in [0.2, 0.25) is 0 Å². The van der Waals surface area contributed by atoms with E-state index in [-0.39, 0.29) is 5.91 Å². The zero-order valence-corrected chi connectivity index (χ0v) is 21.5. The lowest BCUT2D eigenvalue weighted by molar-refractivity contribution is 0.102. The third-order valence-electron chi connectivity index (χ3n) is 6.95. The summed E-state index contributed by atoms with van der Waals surface area (Å²) in [5.41, 5.74) is 6.38. The van der Waals surface area contributed by atoms with Crippen LogP contribution in [-0.4, -0.2) is 25.7 Å². The number of benzene rings is 2. The van der Waals surface area contributed by atoms with Crippen molar-refractivity contribution in [3.8, 4) is 23.7 Å². The fraction of sp³-hybridized carbons (Fsp3) is 0.290. The van der Waals surface area contributed by atoms with Gasteiger partial charge in [0.25, 0.3) is 5.91 Å². The minimum Gasteiger partial charge on any atom is -0.322 e. The number of hydrogen-bond donors (Lipinski definition) is 1. The van der Waals surface area contributed by atoms with E-state index in [2.05, 4.69) is 57.0 Å². The van der Waals surface area contributed by atoms with E-state index in [0.29, 0.717) is 17.4 Å². The highest BCUT2D eigenvalue weighted by molar-refractivity contribution is 6.04. The molecular weight excluding hydrogens is 458 g/mol. The molecule has 3 heterocycles. The van der Waals surface area contributed by atoms with Gasteiger partial charge in [-0.25, -0.2) is 0 Å². The summed E-state index contributed by atoms with van der Waals surface area (Å²) in [5.74, 6) is 5.22. The third kappa shape index (κ3) is 5.31. The highest BCUT2D eigenvalue weighted by atomic mass is 16.1. The number of anilines is 1. The number of nitrogens with one attached hydrogen (secondary N) is 1. The number of terminal acetylenes is 1. The molecule has 0 bridgehead atoms. The molecule has 6 heteroatoms. The van der Waals surface area contributed by atoms with Crippen LogP contribution in [0.4, 0.5) is 5.69 Å². The van der Waals surface area contributed by atoms with Crippen molar-refractivity contribution in [1.82, 2.24) is 19.7 Å². The molecule has 0 saturated carbocycles. The molecule has 0 saturated heterocycles. The number of amides is 1. The summed E-state index contributed by atoms with van der Waals surface area (Å²) in [6.07, 6.45) is 9.88. The molecule has 37 heavy (non-hydrogen) atoms. The van der Waals surface area contributed by atoms with E-state index in [1.54, 1.807) is 6.20 Å². The highest BCUT2D eigenvalue weighted by Gasteiger charge is 2.25. The smallest absolute Gasteiger partial charge is 0.257 e. The summed E-state index contributed by atoms with van der Waals surface area (Å²) in [7, 11) is 0. The van der Waals surface area contributed by atoms with E-state index < -0.39 is 0 Å². The minimum atomic E-state index is -0.175. The fourth-order valence-electron chi connectivity index (χ4n) is 4.87. The number of aryl methyl sites for hydroxylation is 1. The minimum absolute atomic E-state index is 0.175. The first kappa shape index (κ1) is 24.5. The molecule has 1 aliphatic rings. The van der Waals surface area contributed by atoms with Crippen LogP contribution in [0.15, 0.2) is 60.8 Å². The van der Waals surface area contributed by atoms with Gasteiger partial charge in [-0.05, 0) is 73.1 Å². The Bertz CT molecular complexity index is 1460. The monoisotopic (exact) mass is 489 g/mol. The lowest BCUT2D eigenvalue weighted by atomic mass is 9.89. The van der Waals surface area contributed by atoms with Gasteiger partial charge in [0.1, 0.15) is 5.82 Å². The number of rotatable bonds is 6. The zero-order valence-electron chi connectivity index (χ0n) is 21.5. The van der Waals surface area contributed by atoms with Crippen molar-refractivity contribution in [2.75, 3.05) is 5.32 Å². The zero-order chi connectivity index (χ0) is 25.9. The van der Waals surface area contributed by atoms with Gasteiger partial charge in [0.05, 0.1) is 5.56 Å². The standard InChI is InChI=1S/C31H31N5O/c1-5-22-7-10-23(11-8-22)24-14-15-36-29(18-24)34-35-30(36)25-9-6-21(4)28(17-25)33-31(37)26-12-13-27(32-19-26)16-20(2)3/h1,6-13,17,19-20,24H,14-16,18H2,2-4H3,(H,33,37). The summed E-state index contributed by atoms with van der Waals surface area (Å²) >= 11 is 0. The van der Waals surface area contributed by atoms with Crippen molar-refractivity contribution in [3.05, 3.63) is 94.6 Å².